The van der Waals surface area contributed by atoms with E-state index in [0.717, 1.165) is 43.4 Å². The van der Waals surface area contributed by atoms with Gasteiger partial charge in [-0.1, -0.05) is 32.6 Å². The van der Waals surface area contributed by atoms with Gasteiger partial charge in [0, 0.05) is 29.8 Å². The van der Waals surface area contributed by atoms with Crippen molar-refractivity contribution < 1.29 is 18.3 Å². The summed E-state index contributed by atoms with van der Waals surface area (Å²) in [5.74, 6) is -1.26. The summed E-state index contributed by atoms with van der Waals surface area (Å²) in [5, 5.41) is 3.33. The van der Waals surface area contributed by atoms with Crippen LogP contribution in [0.4, 0.5) is 14.6 Å². The zero-order chi connectivity index (χ0) is 28.1. The van der Waals surface area contributed by atoms with Gasteiger partial charge in [-0.25, -0.2) is 8.78 Å². The summed E-state index contributed by atoms with van der Waals surface area (Å²) in [6.07, 6.45) is 4.74. The molecule has 206 valence electrons. The number of pyridine rings is 1. The van der Waals surface area contributed by atoms with Crippen molar-refractivity contribution in [2.24, 2.45) is 5.92 Å². The molecule has 6 nitrogen and oxygen atoms in total. The summed E-state index contributed by atoms with van der Waals surface area (Å²) in [7, 11) is 0. The number of esters is 1. The van der Waals surface area contributed by atoms with Crippen LogP contribution in [0.1, 0.15) is 62.6 Å². The van der Waals surface area contributed by atoms with E-state index in [1.54, 1.807) is 12.1 Å². The molecule has 2 aromatic carbocycles. The van der Waals surface area contributed by atoms with Crippen molar-refractivity contribution in [1.82, 2.24) is 9.88 Å². The van der Waals surface area contributed by atoms with Gasteiger partial charge in [0.25, 0.3) is 5.56 Å². The third-order valence-corrected chi connectivity index (χ3v) is 7.03. The Balaban J connectivity index is 1.50. The van der Waals surface area contributed by atoms with Crippen LogP contribution in [0.25, 0.3) is 11.3 Å². The molecule has 1 heterocycles. The Kier molecular flexibility index (Phi) is 8.97. The van der Waals surface area contributed by atoms with Crippen molar-refractivity contribution in [3.05, 3.63) is 99.9 Å². The molecule has 3 N–H and O–H groups in total. The summed E-state index contributed by atoms with van der Waals surface area (Å²) in [5.41, 5.74) is 8.14. The van der Waals surface area contributed by atoms with Gasteiger partial charge in [-0.15, -0.1) is 0 Å². The molecule has 0 bridgehead atoms. The minimum absolute atomic E-state index is 0.0170. The highest BCUT2D eigenvalue weighted by molar-refractivity contribution is 5.83. The molecule has 8 heteroatoms. The number of nitrogens with one attached hydrogen (secondary N) is 1. The highest BCUT2D eigenvalue weighted by atomic mass is 19.1. The molecule has 1 aliphatic rings. The minimum Gasteiger partial charge on any atom is -0.461 e. The first-order chi connectivity index (χ1) is 18.6. The van der Waals surface area contributed by atoms with Gasteiger partial charge in [0.05, 0.1) is 5.69 Å². The van der Waals surface area contributed by atoms with Crippen LogP contribution in [-0.4, -0.2) is 22.7 Å². The second kappa shape index (κ2) is 12.4. The molecule has 0 saturated heterocycles. The first-order valence-electron chi connectivity index (χ1n) is 13.3. The molecule has 0 unspecified atom stereocenters. The first kappa shape index (κ1) is 28.2. The summed E-state index contributed by atoms with van der Waals surface area (Å²) >= 11 is 0. The predicted octanol–water partition coefficient (Wildman–Crippen LogP) is 5.75. The zero-order valence-corrected chi connectivity index (χ0v) is 22.4. The monoisotopic (exact) mass is 535 g/mol. The number of halogens is 2. The largest absolute Gasteiger partial charge is 0.461 e. The van der Waals surface area contributed by atoms with Crippen LogP contribution >= 0.6 is 0 Å². The number of hydrogen-bond donors (Lipinski definition) is 2. The topological polar surface area (TPSA) is 86.3 Å². The van der Waals surface area contributed by atoms with Crippen LogP contribution in [-0.2, 0) is 16.1 Å². The van der Waals surface area contributed by atoms with E-state index in [0.29, 0.717) is 30.1 Å². The molecule has 0 radical (unpaired) electrons. The zero-order valence-electron chi connectivity index (χ0n) is 22.4. The fraction of sp³-hybridized carbons (Fsp3) is 0.355. The quantitative estimate of drug-likeness (QED) is 0.323. The summed E-state index contributed by atoms with van der Waals surface area (Å²) in [6.45, 7) is 8.52. The van der Waals surface area contributed by atoms with Crippen molar-refractivity contribution in [1.29, 1.82) is 0 Å². The van der Waals surface area contributed by atoms with E-state index in [-0.39, 0.29) is 34.6 Å². The van der Waals surface area contributed by atoms with E-state index in [1.807, 2.05) is 12.1 Å². The molecule has 1 atom stereocenters. The van der Waals surface area contributed by atoms with Gasteiger partial charge < -0.3 is 15.8 Å². The van der Waals surface area contributed by atoms with E-state index in [9.17, 15) is 18.4 Å². The number of hydrogen-bond acceptors (Lipinski definition) is 5. The number of nitrogens with two attached hydrogens (primary N) is 1. The van der Waals surface area contributed by atoms with Crippen molar-refractivity contribution in [2.45, 2.75) is 64.6 Å². The number of nitrogens with zero attached hydrogens (tertiary/aromatic N) is 1. The highest BCUT2D eigenvalue weighted by Gasteiger charge is 2.26. The Bertz CT molecular complexity index is 1390. The molecule has 4 rings (SSSR count). The Hall–Kier alpha value is -3.78. The number of benzene rings is 2. The van der Waals surface area contributed by atoms with E-state index < -0.39 is 17.7 Å². The number of anilines is 1. The summed E-state index contributed by atoms with van der Waals surface area (Å²) < 4.78 is 34.8. The molecule has 1 aromatic heterocycles. The number of ether oxygens (including phenoxy) is 1. The van der Waals surface area contributed by atoms with E-state index in [1.165, 1.54) is 22.8 Å². The van der Waals surface area contributed by atoms with Gasteiger partial charge in [-0.3, -0.25) is 14.2 Å². The predicted molar refractivity (Wildman–Crippen MR) is 149 cm³/mol. The second-order valence-electron chi connectivity index (χ2n) is 10.5. The van der Waals surface area contributed by atoms with Gasteiger partial charge in [-0.05, 0) is 79.5 Å². The van der Waals surface area contributed by atoms with Crippen LogP contribution in [0, 0.1) is 17.6 Å². The van der Waals surface area contributed by atoms with Gasteiger partial charge in [-0.2, -0.15) is 0 Å². The van der Waals surface area contributed by atoms with E-state index in [2.05, 4.69) is 25.7 Å². The number of carbonyl (C=O) groups is 1. The molecular weight excluding hydrogens is 500 g/mol. The molecule has 1 aliphatic carbocycles. The maximum Gasteiger partial charge on any atom is 0.323 e. The molecule has 0 amide bonds. The second-order valence-corrected chi connectivity index (χ2v) is 10.5. The Morgan fingerprint density at radius 2 is 1.74 bits per heavy atom. The number of aromatic nitrogens is 1. The van der Waals surface area contributed by atoms with Gasteiger partial charge in [0.1, 0.15) is 29.6 Å². The van der Waals surface area contributed by atoms with Crippen LogP contribution in [0.15, 0.2) is 66.0 Å². The Morgan fingerprint density at radius 3 is 2.38 bits per heavy atom. The van der Waals surface area contributed by atoms with Gasteiger partial charge in [0.2, 0.25) is 0 Å². The smallest absolute Gasteiger partial charge is 0.323 e. The molecule has 0 spiro atoms. The minimum atomic E-state index is -0.767. The standard InChI is InChI=1S/C31H35F2N3O3/c1-19(2)16-28(31(38)39-24-6-4-5-7-24)35-18-21-8-11-23(12-9-21)36-29(37)15-14-26(30(36)34)20(3)25-13-10-22(32)17-27(25)33/h8-15,17,19,24,28,35H,3-7,16,18,34H2,1-2H3/t28-/m0/s1. The van der Waals surface area contributed by atoms with Crippen LogP contribution < -0.4 is 16.6 Å². The lowest BCUT2D eigenvalue weighted by Gasteiger charge is -2.22. The maximum absolute atomic E-state index is 14.4. The average Bonchev–Trinajstić information content (AvgIpc) is 3.40. The van der Waals surface area contributed by atoms with Crippen LogP contribution in [0.2, 0.25) is 0 Å². The lowest BCUT2D eigenvalue weighted by atomic mass is 9.99. The fourth-order valence-electron chi connectivity index (χ4n) is 4.95. The van der Waals surface area contributed by atoms with Crippen molar-refractivity contribution in [2.75, 3.05) is 5.73 Å². The molecular formula is C31H35F2N3O3. The first-order valence-corrected chi connectivity index (χ1v) is 13.3. The van der Waals surface area contributed by atoms with Crippen LogP contribution in [0.3, 0.4) is 0 Å². The van der Waals surface area contributed by atoms with E-state index >= 15 is 0 Å². The molecule has 3 aromatic rings. The number of nitrogen functional groups attached to an aromatic ring is 1. The van der Waals surface area contributed by atoms with Crippen LogP contribution in [0.5, 0.6) is 0 Å². The molecule has 1 saturated carbocycles. The normalized spacial score (nSPS) is 14.5. The fourth-order valence-corrected chi connectivity index (χ4v) is 4.95. The lowest BCUT2D eigenvalue weighted by Crippen LogP contribution is -2.40. The summed E-state index contributed by atoms with van der Waals surface area (Å²) in [6, 6.07) is 12.8. The number of carbonyl (C=O) groups excluding carboxylic acids is 1. The van der Waals surface area contributed by atoms with E-state index in [4.69, 9.17) is 10.5 Å². The SMILES string of the molecule is C=C(c1ccc(F)cc1F)c1ccc(=O)n(-c2ccc(CN[C@@H](CC(C)C)C(=O)OC3CCCC3)cc2)c1N. The summed E-state index contributed by atoms with van der Waals surface area (Å²) in [4.78, 5) is 25.6. The molecule has 1 fully saturated rings. The molecule has 39 heavy (non-hydrogen) atoms. The Morgan fingerprint density at radius 1 is 1.08 bits per heavy atom. The van der Waals surface area contributed by atoms with Crippen molar-refractivity contribution in [3.8, 4) is 5.69 Å². The molecule has 0 aliphatic heterocycles. The lowest BCUT2D eigenvalue weighted by molar-refractivity contribution is -0.151. The van der Waals surface area contributed by atoms with Gasteiger partial charge >= 0.3 is 5.97 Å². The van der Waals surface area contributed by atoms with Crippen molar-refractivity contribution in [3.63, 3.8) is 0 Å². The Labute approximate surface area is 227 Å². The average molecular weight is 536 g/mol. The van der Waals surface area contributed by atoms with Gasteiger partial charge in [0.15, 0.2) is 0 Å². The third kappa shape index (κ3) is 6.81. The van der Waals surface area contributed by atoms with Crippen molar-refractivity contribution >= 4 is 17.4 Å². The highest BCUT2D eigenvalue weighted by Crippen LogP contribution is 2.29. The third-order valence-electron chi connectivity index (χ3n) is 7.03. The number of rotatable bonds is 10. The maximum atomic E-state index is 14.4.